The van der Waals surface area contributed by atoms with E-state index in [0.29, 0.717) is 47.0 Å². The number of anilines is 2. The zero-order valence-electron chi connectivity index (χ0n) is 32.8. The van der Waals surface area contributed by atoms with Gasteiger partial charge in [0.25, 0.3) is 11.8 Å². The number of para-hydroxylation sites is 4. The molecule has 2 aliphatic rings. The van der Waals surface area contributed by atoms with Crippen molar-refractivity contribution in [1.82, 2.24) is 0 Å². The van der Waals surface area contributed by atoms with Gasteiger partial charge in [-0.15, -0.1) is 0 Å². The quantitative estimate of drug-likeness (QED) is 0.135. The maximum Gasteiger partial charge on any atom is 0.424 e. The Bertz CT molecular complexity index is 2770. The number of fused-ring (bicyclic) bond motifs is 4. The van der Waals surface area contributed by atoms with E-state index in [4.69, 9.17) is 18.1 Å². The highest BCUT2D eigenvalue weighted by atomic mass is 31.2. The first-order valence-electron chi connectivity index (χ1n) is 19.9. The fourth-order valence-electron chi connectivity index (χ4n) is 7.96. The van der Waals surface area contributed by atoms with Crippen LogP contribution in [0.5, 0.6) is 23.0 Å². The predicted molar refractivity (Wildman–Crippen MR) is 241 cm³/mol. The molecule has 60 heavy (non-hydrogen) atoms. The second-order valence-electron chi connectivity index (χ2n) is 14.4. The van der Waals surface area contributed by atoms with Gasteiger partial charge >= 0.3 is 17.1 Å². The number of rotatable bonds is 9. The van der Waals surface area contributed by atoms with Gasteiger partial charge in [-0.25, -0.2) is 9.34 Å². The van der Waals surface area contributed by atoms with E-state index in [1.54, 1.807) is 33.6 Å². The molecular weight excluding hydrogens is 787 g/mol. The van der Waals surface area contributed by atoms with Crippen LogP contribution in [0.2, 0.25) is 0 Å². The molecule has 2 unspecified atom stereocenters. The highest BCUT2D eigenvalue weighted by Crippen LogP contribution is 2.58. The van der Waals surface area contributed by atoms with E-state index in [9.17, 15) is 9.59 Å². The molecule has 2 aliphatic heterocycles. The lowest BCUT2D eigenvalue weighted by Gasteiger charge is -2.36. The highest BCUT2D eigenvalue weighted by molar-refractivity contribution is 7.52. The van der Waals surface area contributed by atoms with Crippen LogP contribution in [0.4, 0.5) is 11.4 Å². The molecule has 10 heteroatoms. The Labute approximate surface area is 350 Å². The Morgan fingerprint density at radius 1 is 0.450 bits per heavy atom. The lowest BCUT2D eigenvalue weighted by atomic mass is 9.92. The Hall–Kier alpha value is -6.72. The second kappa shape index (κ2) is 15.8. The van der Waals surface area contributed by atoms with Crippen LogP contribution in [0, 0.1) is 0 Å². The summed E-state index contributed by atoms with van der Waals surface area (Å²) in [6.45, 7) is 4.14. The molecule has 0 saturated heterocycles. The van der Waals surface area contributed by atoms with Gasteiger partial charge in [0.05, 0.1) is 22.5 Å². The number of hydrogen-bond donors (Lipinski definition) is 0. The van der Waals surface area contributed by atoms with Crippen molar-refractivity contribution in [2.24, 2.45) is 0 Å². The van der Waals surface area contributed by atoms with Crippen LogP contribution in [0.3, 0.4) is 0 Å². The molecule has 0 N–H and O–H groups in total. The zero-order valence-corrected chi connectivity index (χ0v) is 34.6. The lowest BCUT2D eigenvalue weighted by Crippen LogP contribution is -2.34. The van der Waals surface area contributed by atoms with E-state index < -0.39 is 17.1 Å². The normalized spacial score (nSPS) is 15.9. The van der Waals surface area contributed by atoms with Crippen molar-refractivity contribution in [2.45, 2.75) is 26.7 Å². The molecular formula is C50H38N2O6P2. The minimum absolute atomic E-state index is 0.199. The largest absolute Gasteiger partial charge is 0.424 e. The smallest absolute Gasteiger partial charge is 0.422 e. The number of nitrogens with zero attached hydrogens (tertiary/aromatic N) is 2. The third-order valence-corrected chi connectivity index (χ3v) is 13.7. The molecule has 10 rings (SSSR count). The number of aryl methyl sites for hydroxylation is 2. The summed E-state index contributed by atoms with van der Waals surface area (Å²) in [5.74, 6) is 1.53. The minimum Gasteiger partial charge on any atom is -0.422 e. The molecule has 8 aromatic carbocycles. The minimum atomic E-state index is -2.08. The summed E-state index contributed by atoms with van der Waals surface area (Å²) in [5, 5.41) is 3.77. The van der Waals surface area contributed by atoms with Gasteiger partial charge in [0, 0.05) is 11.1 Å². The molecule has 8 nitrogen and oxygen atoms in total. The van der Waals surface area contributed by atoms with E-state index in [0.717, 1.165) is 55.2 Å². The van der Waals surface area contributed by atoms with E-state index in [-0.39, 0.29) is 11.8 Å². The Balaban J connectivity index is 1.17. The Kier molecular flexibility index (Phi) is 9.89. The predicted octanol–water partition coefficient (Wildman–Crippen LogP) is 13.5. The SMILES string of the molecule is CCc1ccccc1N1C(=O)c2ccccc2OP1Oc1ccc2ccccc2c1-c1c(OP2Oc3ccccc3C(=O)N2c2ccccc2CC)ccc2ccccc12. The van der Waals surface area contributed by atoms with Crippen LogP contribution < -0.4 is 27.4 Å². The van der Waals surface area contributed by atoms with Crippen molar-refractivity contribution in [2.75, 3.05) is 9.34 Å². The molecule has 0 bridgehead atoms. The molecule has 0 saturated carbocycles. The molecule has 0 aliphatic carbocycles. The van der Waals surface area contributed by atoms with E-state index >= 15 is 0 Å². The van der Waals surface area contributed by atoms with Gasteiger partial charge in [-0.05, 0) is 94.0 Å². The van der Waals surface area contributed by atoms with Crippen LogP contribution in [0.1, 0.15) is 45.7 Å². The van der Waals surface area contributed by atoms with E-state index in [1.807, 2.05) is 121 Å². The summed E-state index contributed by atoms with van der Waals surface area (Å²) in [7, 11) is -4.15. The van der Waals surface area contributed by atoms with E-state index in [2.05, 4.69) is 38.1 Å². The van der Waals surface area contributed by atoms with Gasteiger partial charge in [-0.2, -0.15) is 0 Å². The Morgan fingerprint density at radius 2 is 0.833 bits per heavy atom. The summed E-state index contributed by atoms with van der Waals surface area (Å²) in [4.78, 5) is 29.1. The van der Waals surface area contributed by atoms with Gasteiger partial charge in [0.15, 0.2) is 0 Å². The maximum absolute atomic E-state index is 14.5. The van der Waals surface area contributed by atoms with Gasteiger partial charge in [0.1, 0.15) is 23.0 Å². The average molecular weight is 825 g/mol. The van der Waals surface area contributed by atoms with Crippen LogP contribution in [-0.4, -0.2) is 11.8 Å². The first-order valence-corrected chi connectivity index (χ1v) is 22.2. The summed E-state index contributed by atoms with van der Waals surface area (Å²) in [6.07, 6.45) is 1.42. The molecule has 0 spiro atoms. The zero-order chi connectivity index (χ0) is 40.7. The molecule has 0 radical (unpaired) electrons. The highest BCUT2D eigenvalue weighted by Gasteiger charge is 2.42. The fourth-order valence-corrected chi connectivity index (χ4v) is 10.9. The number of benzene rings is 8. The molecule has 0 aromatic heterocycles. The summed E-state index contributed by atoms with van der Waals surface area (Å²) >= 11 is 0. The van der Waals surface area contributed by atoms with Crippen molar-refractivity contribution in [3.05, 3.63) is 192 Å². The molecule has 2 amide bonds. The average Bonchev–Trinajstić information content (AvgIpc) is 3.29. The number of hydrogen-bond acceptors (Lipinski definition) is 6. The molecule has 2 atom stereocenters. The van der Waals surface area contributed by atoms with Gasteiger partial charge in [-0.1, -0.05) is 135 Å². The van der Waals surface area contributed by atoms with Gasteiger partial charge in [0.2, 0.25) is 0 Å². The van der Waals surface area contributed by atoms with Gasteiger partial charge in [-0.3, -0.25) is 9.59 Å². The van der Waals surface area contributed by atoms with Crippen molar-refractivity contribution in [3.8, 4) is 34.1 Å². The lowest BCUT2D eigenvalue weighted by molar-refractivity contribution is 0.0986. The van der Waals surface area contributed by atoms with E-state index in [1.165, 1.54) is 0 Å². The maximum atomic E-state index is 14.5. The van der Waals surface area contributed by atoms with Crippen molar-refractivity contribution in [1.29, 1.82) is 0 Å². The van der Waals surface area contributed by atoms with Crippen LogP contribution in [0.25, 0.3) is 32.7 Å². The first-order chi connectivity index (χ1) is 29.5. The van der Waals surface area contributed by atoms with Crippen LogP contribution >= 0.6 is 17.1 Å². The summed E-state index contributed by atoms with van der Waals surface area (Å²) < 4.78 is 31.0. The molecule has 0 fully saturated rings. The second-order valence-corrected chi connectivity index (χ2v) is 16.8. The van der Waals surface area contributed by atoms with Gasteiger partial charge < -0.3 is 18.1 Å². The third kappa shape index (κ3) is 6.49. The third-order valence-electron chi connectivity index (χ3n) is 10.9. The number of carbonyl (C=O) groups is 2. The fraction of sp³-hybridized carbons (Fsp3) is 0.0800. The topological polar surface area (TPSA) is 77.5 Å². The van der Waals surface area contributed by atoms with Crippen LogP contribution in [-0.2, 0) is 12.8 Å². The molecule has 8 aromatic rings. The number of amides is 2. The molecule has 294 valence electrons. The van der Waals surface area contributed by atoms with Crippen molar-refractivity contribution in [3.63, 3.8) is 0 Å². The first kappa shape index (κ1) is 37.5. The molecule has 2 heterocycles. The standard InChI is InChI=1S/C50H38N2O6P2/c1-3-33-17-7-13-25-41(33)51-49(53)39-23-11-15-27-43(39)55-59(51)57-45-31-29-35-19-5-9-21-37(35)47(45)48-38-22-10-6-20-36(38)30-32-46(48)58-60-52(42-26-14-8-18-34(42)4-2)50(54)40-24-12-16-28-44(40)56-60/h5-32H,3-4H2,1-2H3. The summed E-state index contributed by atoms with van der Waals surface area (Å²) in [5.41, 5.74) is 5.89. The van der Waals surface area contributed by atoms with Crippen LogP contribution in [0.15, 0.2) is 170 Å². The van der Waals surface area contributed by atoms with Crippen molar-refractivity contribution < 1.29 is 27.7 Å². The van der Waals surface area contributed by atoms with Crippen molar-refractivity contribution >= 4 is 61.8 Å². The summed E-state index contributed by atoms with van der Waals surface area (Å²) in [6, 6.07) is 54.5. The number of carbonyl (C=O) groups excluding carboxylic acids is 2. The Morgan fingerprint density at radius 3 is 1.28 bits per heavy atom. The monoisotopic (exact) mass is 824 g/mol.